The van der Waals surface area contributed by atoms with Crippen molar-refractivity contribution in [2.75, 3.05) is 5.32 Å². The fourth-order valence-electron chi connectivity index (χ4n) is 3.23. The van der Waals surface area contributed by atoms with Crippen LogP contribution < -0.4 is 11.1 Å². The zero-order chi connectivity index (χ0) is 16.2. The highest BCUT2D eigenvalue weighted by Crippen LogP contribution is 2.28. The van der Waals surface area contributed by atoms with E-state index >= 15 is 0 Å². The lowest BCUT2D eigenvalue weighted by molar-refractivity contribution is 0.463. The Hall–Kier alpha value is -2.30. The molecule has 1 aromatic carbocycles. The van der Waals surface area contributed by atoms with Crippen molar-refractivity contribution in [3.8, 4) is 0 Å². The van der Waals surface area contributed by atoms with Crippen LogP contribution in [0.25, 0.3) is 0 Å². The Morgan fingerprint density at radius 1 is 1.26 bits per heavy atom. The number of guanidine groups is 1. The molecule has 1 fully saturated rings. The van der Waals surface area contributed by atoms with E-state index in [0.717, 1.165) is 11.4 Å². The molecule has 122 valence electrons. The van der Waals surface area contributed by atoms with Crippen molar-refractivity contribution in [2.45, 2.75) is 52.1 Å². The fraction of sp³-hybridized carbons (Fsp3) is 0.444. The van der Waals surface area contributed by atoms with E-state index in [9.17, 15) is 0 Å². The first-order valence-corrected chi connectivity index (χ1v) is 8.29. The van der Waals surface area contributed by atoms with Crippen LogP contribution in [0.5, 0.6) is 0 Å². The second-order valence-corrected chi connectivity index (χ2v) is 6.43. The topological polar surface area (TPSA) is 68.2 Å². The number of aromatic nitrogens is 2. The lowest BCUT2D eigenvalue weighted by atomic mass is 10.1. The van der Waals surface area contributed by atoms with Gasteiger partial charge in [-0.15, -0.1) is 0 Å². The molecule has 1 aromatic heterocycles. The van der Waals surface area contributed by atoms with Crippen LogP contribution in [0.4, 0.5) is 5.69 Å². The van der Waals surface area contributed by atoms with Crippen molar-refractivity contribution in [2.24, 2.45) is 10.7 Å². The summed E-state index contributed by atoms with van der Waals surface area (Å²) in [5.41, 5.74) is 10.3. The van der Waals surface area contributed by atoms with Gasteiger partial charge >= 0.3 is 0 Å². The van der Waals surface area contributed by atoms with Crippen LogP contribution in [-0.4, -0.2) is 15.7 Å². The molecule has 1 aliphatic carbocycles. The van der Waals surface area contributed by atoms with E-state index < -0.39 is 0 Å². The molecule has 0 amide bonds. The van der Waals surface area contributed by atoms with Gasteiger partial charge in [-0.05, 0) is 56.0 Å². The molecule has 5 nitrogen and oxygen atoms in total. The number of aryl methyl sites for hydroxylation is 2. The van der Waals surface area contributed by atoms with Gasteiger partial charge in [0.25, 0.3) is 0 Å². The van der Waals surface area contributed by atoms with E-state index in [1.165, 1.54) is 36.8 Å². The number of benzene rings is 1. The van der Waals surface area contributed by atoms with Crippen molar-refractivity contribution in [1.82, 2.24) is 9.78 Å². The molecule has 23 heavy (non-hydrogen) atoms. The van der Waals surface area contributed by atoms with Gasteiger partial charge in [0.1, 0.15) is 0 Å². The van der Waals surface area contributed by atoms with E-state index in [2.05, 4.69) is 58.3 Å². The van der Waals surface area contributed by atoms with Crippen LogP contribution >= 0.6 is 0 Å². The monoisotopic (exact) mass is 311 g/mol. The largest absolute Gasteiger partial charge is 0.370 e. The van der Waals surface area contributed by atoms with Crippen molar-refractivity contribution in [3.05, 3.63) is 47.3 Å². The van der Waals surface area contributed by atoms with Gasteiger partial charge in [-0.25, -0.2) is 4.99 Å². The number of hydrogen-bond acceptors (Lipinski definition) is 2. The molecule has 1 aliphatic rings. The Bertz CT molecular complexity index is 675. The zero-order valence-corrected chi connectivity index (χ0v) is 13.9. The van der Waals surface area contributed by atoms with Gasteiger partial charge in [0.2, 0.25) is 0 Å². The van der Waals surface area contributed by atoms with E-state index in [4.69, 9.17) is 5.73 Å². The summed E-state index contributed by atoms with van der Waals surface area (Å²) in [5, 5.41) is 7.77. The maximum absolute atomic E-state index is 5.99. The molecule has 0 unspecified atom stereocenters. The lowest BCUT2D eigenvalue weighted by Gasteiger charge is -2.09. The van der Waals surface area contributed by atoms with Crippen molar-refractivity contribution in [1.29, 1.82) is 0 Å². The predicted molar refractivity (Wildman–Crippen MR) is 94.6 cm³/mol. The van der Waals surface area contributed by atoms with Gasteiger partial charge in [-0.1, -0.05) is 18.9 Å². The normalized spacial score (nSPS) is 16.0. The minimum atomic E-state index is 0.422. The average molecular weight is 311 g/mol. The van der Waals surface area contributed by atoms with Crippen LogP contribution in [-0.2, 0) is 6.54 Å². The molecule has 3 rings (SSSR count). The highest BCUT2D eigenvalue weighted by molar-refractivity contribution is 5.92. The van der Waals surface area contributed by atoms with Crippen LogP contribution in [0, 0.1) is 13.8 Å². The average Bonchev–Trinajstić information content (AvgIpc) is 3.15. The third kappa shape index (κ3) is 4.12. The molecule has 0 aliphatic heterocycles. The summed E-state index contributed by atoms with van der Waals surface area (Å²) < 4.78 is 2.09. The first-order valence-electron chi connectivity index (χ1n) is 8.29. The zero-order valence-electron chi connectivity index (χ0n) is 13.9. The highest BCUT2D eigenvalue weighted by Gasteiger charge is 2.17. The Morgan fingerprint density at radius 3 is 2.65 bits per heavy atom. The quantitative estimate of drug-likeness (QED) is 0.670. The molecule has 0 atom stereocenters. The van der Waals surface area contributed by atoms with Crippen LogP contribution in [0.1, 0.15) is 48.5 Å². The molecule has 5 heteroatoms. The molecule has 1 saturated carbocycles. The number of hydrogen-bond donors (Lipinski definition) is 2. The molecule has 3 N–H and O–H groups in total. The predicted octanol–water partition coefficient (Wildman–Crippen LogP) is 3.54. The minimum absolute atomic E-state index is 0.422. The summed E-state index contributed by atoms with van der Waals surface area (Å²) in [5.74, 6) is 0.422. The second kappa shape index (κ2) is 6.86. The second-order valence-electron chi connectivity index (χ2n) is 6.43. The van der Waals surface area contributed by atoms with Crippen LogP contribution in [0.15, 0.2) is 35.5 Å². The fourth-order valence-corrected chi connectivity index (χ4v) is 3.23. The third-order valence-electron chi connectivity index (χ3n) is 4.27. The molecule has 2 aromatic rings. The first kappa shape index (κ1) is 15.6. The summed E-state index contributed by atoms with van der Waals surface area (Å²) in [6.07, 6.45) is 7.16. The van der Waals surface area contributed by atoms with Crippen molar-refractivity contribution in [3.63, 3.8) is 0 Å². The molecule has 0 saturated heterocycles. The summed E-state index contributed by atoms with van der Waals surface area (Å²) >= 11 is 0. The van der Waals surface area contributed by atoms with E-state index in [-0.39, 0.29) is 0 Å². The van der Waals surface area contributed by atoms with Gasteiger partial charge in [0.15, 0.2) is 5.96 Å². The molecule has 1 heterocycles. The molecular weight excluding hydrogens is 286 g/mol. The lowest BCUT2D eigenvalue weighted by Crippen LogP contribution is -2.22. The number of nitrogens with zero attached hydrogens (tertiary/aromatic N) is 3. The number of aliphatic imine (C=N–C) groups is 1. The number of nitrogens with two attached hydrogens (primary N) is 1. The van der Waals surface area contributed by atoms with Gasteiger partial charge in [0, 0.05) is 11.9 Å². The van der Waals surface area contributed by atoms with Crippen molar-refractivity contribution >= 4 is 11.6 Å². The van der Waals surface area contributed by atoms with Gasteiger partial charge in [0.05, 0.1) is 18.3 Å². The third-order valence-corrected chi connectivity index (χ3v) is 4.27. The molecule has 0 spiro atoms. The number of nitrogens with one attached hydrogen (secondary N) is 1. The van der Waals surface area contributed by atoms with E-state index in [1.54, 1.807) is 0 Å². The number of anilines is 1. The standard InChI is InChI=1S/C18H25N5/c1-13-9-14(2)11-16(10-13)21-18(19)20-12-15-7-8-23(22-15)17-5-3-4-6-17/h7-11,17H,3-6,12H2,1-2H3,(H3,19,20,21). The maximum atomic E-state index is 5.99. The number of rotatable bonds is 4. The Morgan fingerprint density at radius 2 is 1.96 bits per heavy atom. The van der Waals surface area contributed by atoms with Gasteiger partial charge < -0.3 is 11.1 Å². The van der Waals surface area contributed by atoms with Crippen molar-refractivity contribution < 1.29 is 0 Å². The molecule has 0 bridgehead atoms. The molecular formula is C18H25N5. The van der Waals surface area contributed by atoms with Crippen LogP contribution in [0.2, 0.25) is 0 Å². The minimum Gasteiger partial charge on any atom is -0.370 e. The summed E-state index contributed by atoms with van der Waals surface area (Å²) in [6.45, 7) is 4.64. The SMILES string of the molecule is Cc1cc(C)cc(NC(N)=NCc2ccn(C3CCCC3)n2)c1. The smallest absolute Gasteiger partial charge is 0.193 e. The maximum Gasteiger partial charge on any atom is 0.193 e. The first-order chi connectivity index (χ1) is 11.1. The molecule has 0 radical (unpaired) electrons. The van der Waals surface area contributed by atoms with E-state index in [1.807, 2.05) is 6.07 Å². The highest BCUT2D eigenvalue weighted by atomic mass is 15.3. The summed E-state index contributed by atoms with van der Waals surface area (Å²) in [7, 11) is 0. The van der Waals surface area contributed by atoms with Gasteiger partial charge in [-0.3, -0.25) is 4.68 Å². The summed E-state index contributed by atoms with van der Waals surface area (Å²) in [4.78, 5) is 4.40. The van der Waals surface area contributed by atoms with Crippen LogP contribution in [0.3, 0.4) is 0 Å². The Balaban J connectivity index is 1.60. The Labute approximate surface area is 137 Å². The van der Waals surface area contributed by atoms with E-state index in [0.29, 0.717) is 18.5 Å². The van der Waals surface area contributed by atoms with Gasteiger partial charge in [-0.2, -0.15) is 5.10 Å². The Kier molecular flexibility index (Phi) is 4.65. The summed E-state index contributed by atoms with van der Waals surface area (Å²) in [6, 6.07) is 8.85.